The van der Waals surface area contributed by atoms with Gasteiger partial charge < -0.3 is 10.6 Å². The smallest absolute Gasteiger partial charge is 0.185 e. The minimum absolute atomic E-state index is 0.176. The third-order valence-electron chi connectivity index (χ3n) is 3.74. The molecule has 1 aliphatic carbocycles. The summed E-state index contributed by atoms with van der Waals surface area (Å²) in [6.07, 6.45) is 4.78. The van der Waals surface area contributed by atoms with E-state index in [-0.39, 0.29) is 6.04 Å². The fraction of sp³-hybridized carbons (Fsp3) is 0.750. The summed E-state index contributed by atoms with van der Waals surface area (Å²) in [5, 5.41) is 1.18. The van der Waals surface area contributed by atoms with E-state index in [1.54, 1.807) is 0 Å². The number of nitrogens with zero attached hydrogens (tertiary/aromatic N) is 2. The summed E-state index contributed by atoms with van der Waals surface area (Å²) >= 11 is 3.91. The molecule has 0 aromatic carbocycles. The Morgan fingerprint density at radius 3 is 3.00 bits per heavy atom. The molecule has 0 bridgehead atoms. The second kappa shape index (κ2) is 4.78. The van der Waals surface area contributed by atoms with Crippen molar-refractivity contribution in [3.8, 4) is 0 Å². The number of aryl methyl sites for hydroxylation is 1. The molecule has 2 aliphatic rings. The molecule has 0 saturated carbocycles. The van der Waals surface area contributed by atoms with Gasteiger partial charge in [-0.25, -0.2) is 4.98 Å². The van der Waals surface area contributed by atoms with Gasteiger partial charge in [-0.1, -0.05) is 0 Å². The minimum Gasteiger partial charge on any atom is -0.347 e. The van der Waals surface area contributed by atoms with Crippen molar-refractivity contribution in [1.29, 1.82) is 0 Å². The van der Waals surface area contributed by atoms with Crippen LogP contribution in [0.1, 0.15) is 35.9 Å². The van der Waals surface area contributed by atoms with Gasteiger partial charge in [0.15, 0.2) is 5.13 Å². The Morgan fingerprint density at radius 1 is 1.41 bits per heavy atom. The fourth-order valence-electron chi connectivity index (χ4n) is 2.57. The molecule has 1 aromatic rings. The van der Waals surface area contributed by atoms with Crippen LogP contribution in [0.2, 0.25) is 0 Å². The van der Waals surface area contributed by atoms with Gasteiger partial charge in [0.2, 0.25) is 0 Å². The first kappa shape index (κ1) is 11.8. The van der Waals surface area contributed by atoms with E-state index in [4.69, 9.17) is 10.7 Å². The molecule has 2 heterocycles. The van der Waals surface area contributed by atoms with Gasteiger partial charge in [-0.3, -0.25) is 0 Å². The normalized spacial score (nSPS) is 28.1. The predicted octanol–water partition coefficient (Wildman–Crippen LogP) is 2.42. The number of nitrogens with two attached hydrogens (primary N) is 1. The molecule has 1 aliphatic heterocycles. The standard InChI is InChI=1S/C12H19N3S2/c1-15(8-5-6-16-7-8)12-14-11-9(13)3-2-4-10(11)17-12/h8-9H,2-7,13H2,1H3. The average Bonchev–Trinajstić information content (AvgIpc) is 2.98. The number of hydrogen-bond acceptors (Lipinski definition) is 5. The molecular formula is C12H19N3S2. The second-order valence-corrected chi connectivity index (χ2v) is 7.14. The van der Waals surface area contributed by atoms with Crippen molar-refractivity contribution >= 4 is 28.2 Å². The molecule has 5 heteroatoms. The largest absolute Gasteiger partial charge is 0.347 e. The first-order valence-electron chi connectivity index (χ1n) is 6.31. The number of fused-ring (bicyclic) bond motifs is 1. The number of thioether (sulfide) groups is 1. The molecule has 0 spiro atoms. The van der Waals surface area contributed by atoms with E-state index in [2.05, 4.69) is 23.7 Å². The second-order valence-electron chi connectivity index (χ2n) is 4.93. The lowest BCUT2D eigenvalue weighted by Gasteiger charge is -2.22. The SMILES string of the molecule is CN(c1nc2c(s1)CCCC2N)C1CCSC1. The molecule has 2 unspecified atom stereocenters. The molecule has 0 amide bonds. The number of rotatable bonds is 2. The van der Waals surface area contributed by atoms with Crippen LogP contribution in [-0.4, -0.2) is 29.6 Å². The van der Waals surface area contributed by atoms with E-state index in [0.717, 1.165) is 6.42 Å². The number of anilines is 1. The first-order chi connectivity index (χ1) is 8.25. The van der Waals surface area contributed by atoms with Crippen molar-refractivity contribution in [1.82, 2.24) is 4.98 Å². The predicted molar refractivity (Wildman–Crippen MR) is 76.1 cm³/mol. The molecule has 0 radical (unpaired) electrons. The van der Waals surface area contributed by atoms with Crippen LogP contribution in [0.3, 0.4) is 0 Å². The van der Waals surface area contributed by atoms with Crippen LogP contribution >= 0.6 is 23.1 Å². The van der Waals surface area contributed by atoms with Gasteiger partial charge in [0.1, 0.15) is 0 Å². The number of hydrogen-bond donors (Lipinski definition) is 1. The van der Waals surface area contributed by atoms with E-state index in [0.29, 0.717) is 6.04 Å². The quantitative estimate of drug-likeness (QED) is 0.895. The van der Waals surface area contributed by atoms with Crippen molar-refractivity contribution in [3.63, 3.8) is 0 Å². The lowest BCUT2D eigenvalue weighted by molar-refractivity contribution is 0.563. The van der Waals surface area contributed by atoms with Crippen molar-refractivity contribution in [2.45, 2.75) is 37.8 Å². The van der Waals surface area contributed by atoms with Gasteiger partial charge in [0, 0.05) is 29.8 Å². The monoisotopic (exact) mass is 269 g/mol. The van der Waals surface area contributed by atoms with Gasteiger partial charge in [-0.05, 0) is 31.4 Å². The molecular weight excluding hydrogens is 250 g/mol. The zero-order chi connectivity index (χ0) is 11.8. The van der Waals surface area contributed by atoms with Gasteiger partial charge in [0.05, 0.1) is 5.69 Å². The summed E-state index contributed by atoms with van der Waals surface area (Å²) in [6.45, 7) is 0. The summed E-state index contributed by atoms with van der Waals surface area (Å²) in [7, 11) is 2.19. The number of thiazole rings is 1. The Labute approximate surface area is 111 Å². The van der Waals surface area contributed by atoms with E-state index >= 15 is 0 Å². The van der Waals surface area contributed by atoms with E-state index < -0.39 is 0 Å². The maximum atomic E-state index is 6.13. The van der Waals surface area contributed by atoms with Crippen molar-refractivity contribution in [2.24, 2.45) is 5.73 Å². The highest BCUT2D eigenvalue weighted by Gasteiger charge is 2.26. The molecule has 3 nitrogen and oxygen atoms in total. The van der Waals surface area contributed by atoms with Crippen LogP contribution in [-0.2, 0) is 6.42 Å². The third kappa shape index (κ3) is 2.20. The molecule has 1 saturated heterocycles. The Kier molecular flexibility index (Phi) is 3.32. The highest BCUT2D eigenvalue weighted by molar-refractivity contribution is 7.99. The molecule has 3 rings (SSSR count). The van der Waals surface area contributed by atoms with Crippen LogP contribution in [0.5, 0.6) is 0 Å². The Morgan fingerprint density at radius 2 is 2.29 bits per heavy atom. The summed E-state index contributed by atoms with van der Waals surface area (Å²) in [5.41, 5.74) is 7.31. The van der Waals surface area contributed by atoms with E-state index in [9.17, 15) is 0 Å². The first-order valence-corrected chi connectivity index (χ1v) is 8.28. The molecule has 17 heavy (non-hydrogen) atoms. The Hall–Kier alpha value is -0.260. The van der Waals surface area contributed by atoms with Crippen LogP contribution in [0.15, 0.2) is 0 Å². The lowest BCUT2D eigenvalue weighted by Crippen LogP contribution is -2.31. The molecule has 2 N–H and O–H groups in total. The van der Waals surface area contributed by atoms with Crippen LogP contribution < -0.4 is 10.6 Å². The Balaban J connectivity index is 1.83. The third-order valence-corrected chi connectivity index (χ3v) is 6.11. The summed E-state index contributed by atoms with van der Waals surface area (Å²) in [5.74, 6) is 2.53. The zero-order valence-corrected chi connectivity index (χ0v) is 11.8. The Bertz CT molecular complexity index is 398. The van der Waals surface area contributed by atoms with Crippen LogP contribution in [0.4, 0.5) is 5.13 Å². The van der Waals surface area contributed by atoms with Gasteiger partial charge in [-0.2, -0.15) is 11.8 Å². The highest BCUT2D eigenvalue weighted by Crippen LogP contribution is 2.37. The van der Waals surface area contributed by atoms with Crippen molar-refractivity contribution in [2.75, 3.05) is 23.5 Å². The number of aromatic nitrogens is 1. The molecule has 1 aromatic heterocycles. The summed E-state index contributed by atoms with van der Waals surface area (Å²) < 4.78 is 0. The van der Waals surface area contributed by atoms with Gasteiger partial charge in [0.25, 0.3) is 0 Å². The molecule has 94 valence electrons. The summed E-state index contributed by atoms with van der Waals surface area (Å²) in [4.78, 5) is 8.58. The van der Waals surface area contributed by atoms with Crippen LogP contribution in [0, 0.1) is 0 Å². The van der Waals surface area contributed by atoms with Crippen molar-refractivity contribution < 1.29 is 0 Å². The van der Waals surface area contributed by atoms with E-state index in [1.165, 1.54) is 46.5 Å². The maximum absolute atomic E-state index is 6.13. The zero-order valence-electron chi connectivity index (χ0n) is 10.2. The average molecular weight is 269 g/mol. The van der Waals surface area contributed by atoms with Gasteiger partial charge in [-0.15, -0.1) is 11.3 Å². The van der Waals surface area contributed by atoms with Crippen LogP contribution in [0.25, 0.3) is 0 Å². The maximum Gasteiger partial charge on any atom is 0.185 e. The molecule has 1 fully saturated rings. The fourth-order valence-corrected chi connectivity index (χ4v) is 5.05. The van der Waals surface area contributed by atoms with E-state index in [1.807, 2.05) is 11.3 Å². The lowest BCUT2D eigenvalue weighted by atomic mass is 9.99. The van der Waals surface area contributed by atoms with Gasteiger partial charge >= 0.3 is 0 Å². The van der Waals surface area contributed by atoms with Crippen molar-refractivity contribution in [3.05, 3.63) is 10.6 Å². The minimum atomic E-state index is 0.176. The topological polar surface area (TPSA) is 42.2 Å². The highest BCUT2D eigenvalue weighted by atomic mass is 32.2. The molecule has 2 atom stereocenters. The summed E-state index contributed by atoms with van der Waals surface area (Å²) in [6, 6.07) is 0.846.